The second-order valence-electron chi connectivity index (χ2n) is 6.81. The number of hydrogen-bond donors (Lipinski definition) is 0. The van der Waals surface area contributed by atoms with E-state index in [9.17, 15) is 4.79 Å². The fourth-order valence-electron chi connectivity index (χ4n) is 3.91. The highest BCUT2D eigenvalue weighted by molar-refractivity contribution is 6.10. The maximum absolute atomic E-state index is 12.6. The molecule has 8 nitrogen and oxygen atoms in total. The summed E-state index contributed by atoms with van der Waals surface area (Å²) >= 11 is 0. The molecule has 0 amide bonds. The Kier molecular flexibility index (Phi) is 4.27. The topological polar surface area (TPSA) is 85.3 Å². The van der Waals surface area contributed by atoms with Crippen molar-refractivity contribution in [3.8, 4) is 39.9 Å². The summed E-state index contributed by atoms with van der Waals surface area (Å²) in [6.07, 6.45) is 0. The molecule has 0 radical (unpaired) electrons. The van der Waals surface area contributed by atoms with Crippen molar-refractivity contribution >= 4 is 16.9 Å². The van der Waals surface area contributed by atoms with E-state index in [-0.39, 0.29) is 6.61 Å². The third-order valence-corrected chi connectivity index (χ3v) is 5.22. The van der Waals surface area contributed by atoms with E-state index < -0.39 is 5.97 Å². The molecule has 0 spiro atoms. The van der Waals surface area contributed by atoms with Crippen LogP contribution in [-0.4, -0.2) is 45.5 Å². The molecule has 3 aromatic rings. The van der Waals surface area contributed by atoms with Crippen LogP contribution in [0.2, 0.25) is 0 Å². The summed E-state index contributed by atoms with van der Waals surface area (Å²) in [4.78, 5) is 17.3. The van der Waals surface area contributed by atoms with Crippen LogP contribution in [0.25, 0.3) is 22.0 Å². The van der Waals surface area contributed by atoms with E-state index >= 15 is 0 Å². The predicted octanol–water partition coefficient (Wildman–Crippen LogP) is 3.37. The summed E-state index contributed by atoms with van der Waals surface area (Å²) in [7, 11) is 4.64. The number of ether oxygens (including phenoxy) is 6. The summed E-state index contributed by atoms with van der Waals surface area (Å²) in [5, 5.41) is 0.742. The van der Waals surface area contributed by atoms with Crippen molar-refractivity contribution in [3.05, 3.63) is 35.5 Å². The Bertz CT molecular complexity index is 1160. The molecule has 3 heterocycles. The molecule has 5 rings (SSSR count). The first-order valence-corrected chi connectivity index (χ1v) is 9.38. The Balaban J connectivity index is 1.86. The molecule has 2 aliphatic heterocycles. The van der Waals surface area contributed by atoms with Crippen LogP contribution in [0.5, 0.6) is 28.7 Å². The number of carbonyl (C=O) groups excluding carboxylic acids is 1. The number of nitrogens with zero attached hydrogens (tertiary/aromatic N) is 1. The van der Waals surface area contributed by atoms with Crippen LogP contribution in [0.3, 0.4) is 0 Å². The minimum Gasteiger partial charge on any atom is -0.493 e. The van der Waals surface area contributed by atoms with Gasteiger partial charge in [0.15, 0.2) is 23.0 Å². The number of methoxy groups -OCH3 is 3. The van der Waals surface area contributed by atoms with Crippen LogP contribution in [0.1, 0.15) is 16.1 Å². The largest absolute Gasteiger partial charge is 0.493 e. The third kappa shape index (κ3) is 2.67. The van der Waals surface area contributed by atoms with Crippen LogP contribution in [0.15, 0.2) is 24.3 Å². The Hall–Kier alpha value is -3.68. The average molecular weight is 409 g/mol. The number of hydrogen-bond acceptors (Lipinski definition) is 8. The number of rotatable bonds is 4. The van der Waals surface area contributed by atoms with E-state index in [2.05, 4.69) is 4.98 Å². The van der Waals surface area contributed by atoms with Gasteiger partial charge in [0.2, 0.25) is 5.75 Å². The fraction of sp³-hybridized carbons (Fsp3) is 0.273. The highest BCUT2D eigenvalue weighted by atomic mass is 16.6. The summed E-state index contributed by atoms with van der Waals surface area (Å²) < 4.78 is 33.2. The maximum Gasteiger partial charge on any atom is 0.341 e. The van der Waals surface area contributed by atoms with Crippen molar-refractivity contribution in [2.24, 2.45) is 0 Å². The molecule has 30 heavy (non-hydrogen) atoms. The van der Waals surface area contributed by atoms with Gasteiger partial charge in [0.25, 0.3) is 0 Å². The van der Waals surface area contributed by atoms with Gasteiger partial charge in [-0.15, -0.1) is 0 Å². The zero-order valence-corrected chi connectivity index (χ0v) is 16.7. The molecule has 8 heteroatoms. The third-order valence-electron chi connectivity index (χ3n) is 5.22. The van der Waals surface area contributed by atoms with Crippen LogP contribution in [-0.2, 0) is 11.3 Å². The second-order valence-corrected chi connectivity index (χ2v) is 6.81. The molecule has 0 unspecified atom stereocenters. The van der Waals surface area contributed by atoms with Gasteiger partial charge in [-0.1, -0.05) is 0 Å². The van der Waals surface area contributed by atoms with E-state index in [1.54, 1.807) is 33.5 Å². The first kappa shape index (κ1) is 18.4. The van der Waals surface area contributed by atoms with Gasteiger partial charge in [0.05, 0.1) is 38.1 Å². The fourth-order valence-corrected chi connectivity index (χ4v) is 3.91. The molecular weight excluding hydrogens is 390 g/mol. The minimum atomic E-state index is -0.418. The molecule has 2 aliphatic rings. The van der Waals surface area contributed by atoms with Crippen molar-refractivity contribution in [2.75, 3.05) is 34.5 Å². The monoisotopic (exact) mass is 409 g/mol. The smallest absolute Gasteiger partial charge is 0.341 e. The molecule has 0 saturated heterocycles. The second kappa shape index (κ2) is 6.98. The number of cyclic esters (lactones) is 1. The molecule has 1 aromatic heterocycles. The maximum atomic E-state index is 12.6. The lowest BCUT2D eigenvalue weighted by Gasteiger charge is -2.20. The normalized spacial score (nSPS) is 14.3. The van der Waals surface area contributed by atoms with E-state index in [0.29, 0.717) is 69.9 Å². The highest BCUT2D eigenvalue weighted by Gasteiger charge is 2.31. The summed E-state index contributed by atoms with van der Waals surface area (Å²) in [6, 6.07) is 7.28. The number of carbonyl (C=O) groups is 1. The zero-order valence-electron chi connectivity index (χ0n) is 16.7. The Morgan fingerprint density at radius 1 is 0.833 bits per heavy atom. The Morgan fingerprint density at radius 3 is 2.13 bits per heavy atom. The lowest BCUT2D eigenvalue weighted by Crippen LogP contribution is -2.15. The van der Waals surface area contributed by atoms with Crippen LogP contribution in [0.4, 0.5) is 0 Å². The van der Waals surface area contributed by atoms with Gasteiger partial charge in [-0.2, -0.15) is 0 Å². The molecule has 0 N–H and O–H groups in total. The van der Waals surface area contributed by atoms with Gasteiger partial charge >= 0.3 is 5.97 Å². The van der Waals surface area contributed by atoms with Gasteiger partial charge < -0.3 is 28.4 Å². The average Bonchev–Trinajstić information content (AvgIpc) is 3.15. The predicted molar refractivity (Wildman–Crippen MR) is 107 cm³/mol. The van der Waals surface area contributed by atoms with Crippen LogP contribution >= 0.6 is 0 Å². The van der Waals surface area contributed by atoms with Crippen molar-refractivity contribution in [2.45, 2.75) is 6.61 Å². The van der Waals surface area contributed by atoms with Crippen LogP contribution in [0, 0.1) is 0 Å². The molecule has 154 valence electrons. The van der Waals surface area contributed by atoms with Crippen molar-refractivity contribution in [3.63, 3.8) is 0 Å². The minimum absolute atomic E-state index is 0.121. The molecule has 0 fully saturated rings. The van der Waals surface area contributed by atoms with Gasteiger partial charge in [-0.05, 0) is 23.8 Å². The molecule has 0 saturated carbocycles. The van der Waals surface area contributed by atoms with E-state index in [1.807, 2.05) is 12.1 Å². The first-order valence-electron chi connectivity index (χ1n) is 9.38. The quantitative estimate of drug-likeness (QED) is 0.607. The van der Waals surface area contributed by atoms with Gasteiger partial charge in [0, 0.05) is 17.0 Å². The van der Waals surface area contributed by atoms with Crippen molar-refractivity contribution in [1.29, 1.82) is 0 Å². The van der Waals surface area contributed by atoms with E-state index in [0.717, 1.165) is 5.39 Å². The molecule has 2 aromatic carbocycles. The van der Waals surface area contributed by atoms with E-state index in [1.165, 1.54) is 0 Å². The highest BCUT2D eigenvalue weighted by Crippen LogP contribution is 2.46. The molecular formula is C22H19NO7. The first-order chi connectivity index (χ1) is 14.6. The summed E-state index contributed by atoms with van der Waals surface area (Å²) in [5.74, 6) is 2.25. The molecule has 0 aliphatic carbocycles. The Morgan fingerprint density at radius 2 is 1.50 bits per heavy atom. The Labute approximate surface area is 172 Å². The van der Waals surface area contributed by atoms with Gasteiger partial charge in [-0.3, -0.25) is 0 Å². The number of esters is 1. The molecule has 0 atom stereocenters. The van der Waals surface area contributed by atoms with E-state index in [4.69, 9.17) is 28.4 Å². The zero-order chi connectivity index (χ0) is 20.8. The number of benzene rings is 2. The van der Waals surface area contributed by atoms with Crippen LogP contribution < -0.4 is 23.7 Å². The number of aromatic nitrogens is 1. The number of fused-ring (bicyclic) bond motifs is 3. The summed E-state index contributed by atoms with van der Waals surface area (Å²) in [6.45, 7) is 1.05. The van der Waals surface area contributed by atoms with Gasteiger partial charge in [-0.25, -0.2) is 9.78 Å². The standard InChI is InChI=1S/C22H19NO7/c1-25-17-6-11(7-18(26-2)21(17)27-3)19-12-8-15-16(29-5-4-28-15)9-13(12)23-14-10-30-22(24)20(14)19/h6-9H,4-5,10H2,1-3H3. The molecule has 0 bridgehead atoms. The number of pyridine rings is 1. The van der Waals surface area contributed by atoms with Gasteiger partial charge in [0.1, 0.15) is 19.8 Å². The lowest BCUT2D eigenvalue weighted by atomic mass is 9.94. The SMILES string of the molecule is COc1cc(-c2c3c(nc4cc5c(cc24)OCCO5)COC3=O)cc(OC)c1OC. The lowest BCUT2D eigenvalue weighted by molar-refractivity contribution is 0.0534. The summed E-state index contributed by atoms with van der Waals surface area (Å²) in [5.41, 5.74) is 3.07. The van der Waals surface area contributed by atoms with Crippen molar-refractivity contribution in [1.82, 2.24) is 4.98 Å². The van der Waals surface area contributed by atoms with Crippen molar-refractivity contribution < 1.29 is 33.2 Å².